The topological polar surface area (TPSA) is 58.5 Å². The van der Waals surface area contributed by atoms with Gasteiger partial charge in [-0.2, -0.15) is 11.3 Å². The summed E-state index contributed by atoms with van der Waals surface area (Å²) in [6, 6.07) is 16.0. The van der Waals surface area contributed by atoms with Crippen molar-refractivity contribution in [2.24, 2.45) is 4.99 Å². The Labute approximate surface area is 157 Å². The molecule has 0 aliphatic rings. The second-order valence-corrected chi connectivity index (χ2v) is 6.44. The molecule has 2 N–H and O–H groups in total. The van der Waals surface area contributed by atoms with Gasteiger partial charge in [0.1, 0.15) is 12.4 Å². The standard InChI is InChI=1S/C20H22N4OS/c1-21-20(24-13-17-9-11-26-15-17)23-12-16-5-7-19(8-6-16)25-14-18-4-2-3-10-22-18/h2-11,15H,12-14H2,1H3,(H2,21,23,24). The van der Waals surface area contributed by atoms with Crippen molar-refractivity contribution < 1.29 is 4.74 Å². The number of nitrogens with one attached hydrogen (secondary N) is 2. The van der Waals surface area contributed by atoms with Crippen LogP contribution in [0.4, 0.5) is 0 Å². The SMILES string of the molecule is CN=C(NCc1ccc(OCc2ccccn2)cc1)NCc1ccsc1. The molecule has 5 nitrogen and oxygen atoms in total. The Morgan fingerprint density at radius 1 is 1.04 bits per heavy atom. The lowest BCUT2D eigenvalue weighted by atomic mass is 10.2. The number of benzene rings is 1. The highest BCUT2D eigenvalue weighted by molar-refractivity contribution is 7.07. The van der Waals surface area contributed by atoms with Crippen LogP contribution in [0.3, 0.4) is 0 Å². The lowest BCUT2D eigenvalue weighted by Gasteiger charge is -2.12. The zero-order chi connectivity index (χ0) is 18.0. The van der Waals surface area contributed by atoms with Crippen LogP contribution in [0.2, 0.25) is 0 Å². The minimum absolute atomic E-state index is 0.470. The molecule has 0 amide bonds. The summed E-state index contributed by atoms with van der Waals surface area (Å²) in [6.07, 6.45) is 1.77. The van der Waals surface area contributed by atoms with Crippen molar-refractivity contribution in [3.05, 3.63) is 82.3 Å². The number of rotatable bonds is 7. The molecule has 0 saturated carbocycles. The Hall–Kier alpha value is -2.86. The predicted molar refractivity (Wildman–Crippen MR) is 106 cm³/mol. The van der Waals surface area contributed by atoms with Gasteiger partial charge < -0.3 is 15.4 Å². The van der Waals surface area contributed by atoms with Gasteiger partial charge in [0.05, 0.1) is 5.69 Å². The van der Waals surface area contributed by atoms with Gasteiger partial charge in [0.15, 0.2) is 5.96 Å². The van der Waals surface area contributed by atoms with Gasteiger partial charge in [-0.25, -0.2) is 0 Å². The number of guanidine groups is 1. The average molecular weight is 366 g/mol. The van der Waals surface area contributed by atoms with Crippen LogP contribution in [-0.2, 0) is 19.7 Å². The van der Waals surface area contributed by atoms with Gasteiger partial charge in [0.2, 0.25) is 0 Å². The predicted octanol–water partition coefficient (Wildman–Crippen LogP) is 3.59. The Bertz CT molecular complexity index is 802. The van der Waals surface area contributed by atoms with Crippen LogP contribution in [0.5, 0.6) is 5.75 Å². The van der Waals surface area contributed by atoms with Gasteiger partial charge in [0, 0.05) is 26.3 Å². The summed E-state index contributed by atoms with van der Waals surface area (Å²) in [7, 11) is 1.78. The van der Waals surface area contributed by atoms with Crippen LogP contribution in [-0.4, -0.2) is 18.0 Å². The molecule has 0 fully saturated rings. The fourth-order valence-corrected chi connectivity index (χ4v) is 3.00. The Balaban J connectivity index is 1.44. The van der Waals surface area contributed by atoms with Crippen molar-refractivity contribution in [3.63, 3.8) is 0 Å². The number of aromatic nitrogens is 1. The Morgan fingerprint density at radius 3 is 2.50 bits per heavy atom. The fourth-order valence-electron chi connectivity index (χ4n) is 2.33. The highest BCUT2D eigenvalue weighted by Crippen LogP contribution is 2.13. The largest absolute Gasteiger partial charge is 0.487 e. The van der Waals surface area contributed by atoms with E-state index in [1.807, 2.05) is 42.5 Å². The fraction of sp³-hybridized carbons (Fsp3) is 0.200. The third-order valence-electron chi connectivity index (χ3n) is 3.76. The summed E-state index contributed by atoms with van der Waals surface area (Å²) in [6.45, 7) is 1.94. The summed E-state index contributed by atoms with van der Waals surface area (Å²) in [5, 5.41) is 10.8. The summed E-state index contributed by atoms with van der Waals surface area (Å²) >= 11 is 1.70. The van der Waals surface area contributed by atoms with Crippen molar-refractivity contribution in [3.8, 4) is 5.75 Å². The molecule has 0 spiro atoms. The first-order valence-corrected chi connectivity index (χ1v) is 9.35. The molecule has 3 aromatic rings. The minimum Gasteiger partial charge on any atom is -0.487 e. The van der Waals surface area contributed by atoms with Crippen molar-refractivity contribution in [2.75, 3.05) is 7.05 Å². The van der Waals surface area contributed by atoms with Crippen molar-refractivity contribution in [1.29, 1.82) is 0 Å². The van der Waals surface area contributed by atoms with Gasteiger partial charge in [-0.15, -0.1) is 0 Å². The number of hydrogen-bond acceptors (Lipinski definition) is 4. The molecule has 0 radical (unpaired) electrons. The molecular formula is C20H22N4OS. The zero-order valence-electron chi connectivity index (χ0n) is 14.7. The molecule has 0 atom stereocenters. The van der Waals surface area contributed by atoms with Crippen LogP contribution in [0, 0.1) is 0 Å². The van der Waals surface area contributed by atoms with Gasteiger partial charge >= 0.3 is 0 Å². The monoisotopic (exact) mass is 366 g/mol. The molecule has 2 heterocycles. The van der Waals surface area contributed by atoms with Crippen LogP contribution in [0.1, 0.15) is 16.8 Å². The van der Waals surface area contributed by atoms with E-state index in [1.54, 1.807) is 24.6 Å². The summed E-state index contributed by atoms with van der Waals surface area (Å²) < 4.78 is 5.76. The molecule has 0 unspecified atom stereocenters. The normalized spacial score (nSPS) is 11.2. The highest BCUT2D eigenvalue weighted by Gasteiger charge is 2.01. The molecule has 0 saturated heterocycles. The second kappa shape index (κ2) is 9.58. The molecule has 26 heavy (non-hydrogen) atoms. The Kier molecular flexibility index (Phi) is 6.61. The van der Waals surface area contributed by atoms with Crippen molar-refractivity contribution in [1.82, 2.24) is 15.6 Å². The highest BCUT2D eigenvalue weighted by atomic mass is 32.1. The number of aliphatic imine (C=N–C) groups is 1. The van der Waals surface area contributed by atoms with Gasteiger partial charge in [-0.05, 0) is 52.2 Å². The minimum atomic E-state index is 0.470. The number of ether oxygens (including phenoxy) is 1. The van der Waals surface area contributed by atoms with E-state index < -0.39 is 0 Å². The molecule has 0 bridgehead atoms. The van der Waals surface area contributed by atoms with E-state index in [9.17, 15) is 0 Å². The Morgan fingerprint density at radius 2 is 1.85 bits per heavy atom. The first kappa shape index (κ1) is 17.9. The van der Waals surface area contributed by atoms with Crippen LogP contribution in [0.25, 0.3) is 0 Å². The molecule has 3 rings (SSSR count). The van der Waals surface area contributed by atoms with Crippen LogP contribution < -0.4 is 15.4 Å². The maximum absolute atomic E-state index is 5.76. The quantitative estimate of drug-likeness (QED) is 0.496. The maximum atomic E-state index is 5.76. The molecular weight excluding hydrogens is 344 g/mol. The molecule has 1 aromatic carbocycles. The molecule has 0 aliphatic heterocycles. The lowest BCUT2D eigenvalue weighted by Crippen LogP contribution is -2.36. The lowest BCUT2D eigenvalue weighted by molar-refractivity contribution is 0.301. The van der Waals surface area contributed by atoms with E-state index in [2.05, 4.69) is 37.4 Å². The number of nitrogens with zero attached hydrogens (tertiary/aromatic N) is 2. The van der Waals surface area contributed by atoms with E-state index in [4.69, 9.17) is 4.74 Å². The first-order valence-electron chi connectivity index (χ1n) is 8.41. The van der Waals surface area contributed by atoms with E-state index in [-0.39, 0.29) is 0 Å². The van der Waals surface area contributed by atoms with E-state index >= 15 is 0 Å². The molecule has 2 aromatic heterocycles. The smallest absolute Gasteiger partial charge is 0.191 e. The zero-order valence-corrected chi connectivity index (χ0v) is 15.5. The van der Waals surface area contributed by atoms with Crippen LogP contribution in [0.15, 0.2) is 70.5 Å². The molecule has 134 valence electrons. The summed E-state index contributed by atoms with van der Waals surface area (Å²) in [5.41, 5.74) is 3.33. The summed E-state index contributed by atoms with van der Waals surface area (Å²) in [4.78, 5) is 8.50. The number of pyridine rings is 1. The second-order valence-electron chi connectivity index (χ2n) is 5.66. The first-order chi connectivity index (χ1) is 12.8. The molecule has 6 heteroatoms. The number of hydrogen-bond donors (Lipinski definition) is 2. The van der Waals surface area contributed by atoms with Crippen molar-refractivity contribution in [2.45, 2.75) is 19.7 Å². The van der Waals surface area contributed by atoms with E-state index in [0.717, 1.165) is 29.5 Å². The van der Waals surface area contributed by atoms with Crippen molar-refractivity contribution >= 4 is 17.3 Å². The number of thiophene rings is 1. The third-order valence-corrected chi connectivity index (χ3v) is 4.49. The maximum Gasteiger partial charge on any atom is 0.191 e. The van der Waals surface area contributed by atoms with E-state index in [1.165, 1.54) is 5.56 Å². The van der Waals surface area contributed by atoms with Gasteiger partial charge in [0.25, 0.3) is 0 Å². The van der Waals surface area contributed by atoms with Crippen LogP contribution >= 0.6 is 11.3 Å². The average Bonchev–Trinajstić information content (AvgIpc) is 3.22. The molecule has 0 aliphatic carbocycles. The van der Waals surface area contributed by atoms with E-state index in [0.29, 0.717) is 13.2 Å². The summed E-state index contributed by atoms with van der Waals surface area (Å²) in [5.74, 6) is 1.62. The third kappa shape index (κ3) is 5.60. The van der Waals surface area contributed by atoms with Gasteiger partial charge in [-0.3, -0.25) is 9.98 Å². The van der Waals surface area contributed by atoms with Gasteiger partial charge in [-0.1, -0.05) is 18.2 Å².